The minimum atomic E-state index is -0.808. The molecule has 6 nitrogen and oxygen atoms in total. The van der Waals surface area contributed by atoms with Gasteiger partial charge in [-0.15, -0.1) is 0 Å². The molecule has 0 spiro atoms. The molecule has 0 bridgehead atoms. The summed E-state index contributed by atoms with van der Waals surface area (Å²) in [7, 11) is 0. The van der Waals surface area contributed by atoms with E-state index < -0.39 is 6.10 Å². The van der Waals surface area contributed by atoms with Gasteiger partial charge in [0.1, 0.15) is 13.2 Å². The third-order valence-corrected chi connectivity index (χ3v) is 12.7. The van der Waals surface area contributed by atoms with Crippen molar-refractivity contribution in [1.82, 2.24) is 0 Å². The van der Waals surface area contributed by atoms with E-state index >= 15 is 0 Å². The summed E-state index contributed by atoms with van der Waals surface area (Å²) in [6.45, 7) is 6.46. The van der Waals surface area contributed by atoms with Crippen molar-refractivity contribution < 1.29 is 28.6 Å². The van der Waals surface area contributed by atoms with Gasteiger partial charge in [-0.05, 0) is 128 Å². The van der Waals surface area contributed by atoms with Crippen LogP contribution >= 0.6 is 0 Å². The molecule has 0 aliphatic heterocycles. The highest BCUT2D eigenvalue weighted by Gasteiger charge is 2.19. The van der Waals surface area contributed by atoms with Gasteiger partial charge >= 0.3 is 17.9 Å². The highest BCUT2D eigenvalue weighted by molar-refractivity contribution is 5.71. The highest BCUT2D eigenvalue weighted by atomic mass is 16.6. The molecule has 1 atom stereocenters. The molecular formula is C67H112O6. The number of hydrogen-bond donors (Lipinski definition) is 0. The first-order chi connectivity index (χ1) is 36.0. The van der Waals surface area contributed by atoms with Gasteiger partial charge in [-0.25, -0.2) is 0 Å². The topological polar surface area (TPSA) is 78.9 Å². The van der Waals surface area contributed by atoms with Crippen LogP contribution in [0.2, 0.25) is 0 Å². The lowest BCUT2D eigenvalue weighted by atomic mass is 10.1. The standard InChI is InChI=1S/C67H112O6/c1-4-7-10-13-16-19-22-25-28-31-33-36-38-41-44-47-50-53-56-59-65(68)71-62-64(73-67(70)61-58-55-52-49-46-43-40-35-30-27-24-21-18-15-12-9-6-3)63-72-66(69)60-57-54-51-48-45-42-39-37-34-32-29-26-23-20-17-14-11-8-5-2/h7,10,16,18-19,21,25-30,33,36,40-41,43-44,64H,4-6,8-9,11-15,17,20,22-24,31-32,34-35,37-39,42,45-63H2,1-3H3/b10-7-,19-16-,21-18-,28-25-,29-26-,30-27-,36-33-,43-40-,44-41-/t64-/m1/s1. The van der Waals surface area contributed by atoms with Gasteiger partial charge < -0.3 is 14.2 Å². The Bertz CT molecular complexity index is 1490. The molecule has 0 rings (SSSR count). The number of ether oxygens (including phenoxy) is 3. The second-order valence-electron chi connectivity index (χ2n) is 19.9. The predicted molar refractivity (Wildman–Crippen MR) is 316 cm³/mol. The highest BCUT2D eigenvalue weighted by Crippen LogP contribution is 2.15. The zero-order valence-corrected chi connectivity index (χ0v) is 47.6. The van der Waals surface area contributed by atoms with Crippen LogP contribution in [-0.2, 0) is 28.6 Å². The summed E-state index contributed by atoms with van der Waals surface area (Å²) < 4.78 is 16.9. The lowest BCUT2D eigenvalue weighted by Crippen LogP contribution is -2.30. The molecular weight excluding hydrogens is 901 g/mol. The van der Waals surface area contributed by atoms with Crippen molar-refractivity contribution >= 4 is 17.9 Å². The average molecular weight is 1010 g/mol. The minimum Gasteiger partial charge on any atom is -0.462 e. The van der Waals surface area contributed by atoms with Crippen molar-refractivity contribution in [2.45, 2.75) is 284 Å². The van der Waals surface area contributed by atoms with Crippen molar-refractivity contribution in [3.8, 4) is 0 Å². The molecule has 0 aliphatic rings. The van der Waals surface area contributed by atoms with Crippen molar-refractivity contribution in [3.63, 3.8) is 0 Å². The third-order valence-electron chi connectivity index (χ3n) is 12.7. The van der Waals surface area contributed by atoms with Crippen molar-refractivity contribution in [2.75, 3.05) is 13.2 Å². The molecule has 0 radical (unpaired) electrons. The zero-order chi connectivity index (χ0) is 52.9. The Balaban J connectivity index is 4.49. The molecule has 0 aromatic heterocycles. The first-order valence-corrected chi connectivity index (χ1v) is 30.4. The van der Waals surface area contributed by atoms with Crippen LogP contribution in [0, 0.1) is 0 Å². The van der Waals surface area contributed by atoms with Gasteiger partial charge in [0.15, 0.2) is 6.10 Å². The van der Waals surface area contributed by atoms with E-state index in [9.17, 15) is 14.4 Å². The summed E-state index contributed by atoms with van der Waals surface area (Å²) >= 11 is 0. The Hall–Kier alpha value is -3.93. The fourth-order valence-electron chi connectivity index (χ4n) is 8.18. The SMILES string of the molecule is CC/C=C\C/C=C\C/C=C\C/C=C\C/C=C\CCCCCC(=O)OC[C@H](COC(=O)CCCCCCCCCCC/C=C\CCCCCCCC)OC(=O)CCCCCC/C=C\C/C=C\C/C=C\CCCCC. The lowest BCUT2D eigenvalue weighted by Gasteiger charge is -2.18. The number of rotatable bonds is 54. The maximum absolute atomic E-state index is 12.9. The Kier molecular flexibility index (Phi) is 57.4. The predicted octanol–water partition coefficient (Wildman–Crippen LogP) is 20.7. The molecule has 416 valence electrons. The molecule has 0 unspecified atom stereocenters. The number of carbonyl (C=O) groups is 3. The second-order valence-corrected chi connectivity index (χ2v) is 19.9. The average Bonchev–Trinajstić information content (AvgIpc) is 3.39. The summed E-state index contributed by atoms with van der Waals surface area (Å²) in [5.74, 6) is -0.953. The molecule has 0 saturated carbocycles. The Morgan fingerprint density at radius 2 is 0.534 bits per heavy atom. The third kappa shape index (κ3) is 58.8. The van der Waals surface area contributed by atoms with E-state index in [0.717, 1.165) is 122 Å². The minimum absolute atomic E-state index is 0.0999. The Labute approximate surface area is 450 Å². The molecule has 6 heteroatoms. The molecule has 0 N–H and O–H groups in total. The molecule has 0 aliphatic carbocycles. The zero-order valence-electron chi connectivity index (χ0n) is 47.6. The monoisotopic (exact) mass is 1010 g/mol. The van der Waals surface area contributed by atoms with E-state index in [0.29, 0.717) is 19.3 Å². The number of hydrogen-bond acceptors (Lipinski definition) is 6. The van der Waals surface area contributed by atoms with Gasteiger partial charge in [-0.2, -0.15) is 0 Å². The molecule has 73 heavy (non-hydrogen) atoms. The van der Waals surface area contributed by atoms with Crippen LogP contribution in [-0.4, -0.2) is 37.2 Å². The van der Waals surface area contributed by atoms with E-state index in [2.05, 4.69) is 130 Å². The van der Waals surface area contributed by atoms with Gasteiger partial charge in [-0.1, -0.05) is 239 Å². The summed E-state index contributed by atoms with van der Waals surface area (Å²) in [4.78, 5) is 38.3. The molecule has 0 heterocycles. The van der Waals surface area contributed by atoms with Crippen molar-refractivity contribution in [2.24, 2.45) is 0 Å². The fourth-order valence-corrected chi connectivity index (χ4v) is 8.18. The summed E-state index contributed by atoms with van der Waals surface area (Å²) in [5.41, 5.74) is 0. The summed E-state index contributed by atoms with van der Waals surface area (Å²) in [6, 6.07) is 0. The van der Waals surface area contributed by atoms with Crippen LogP contribution in [0.4, 0.5) is 0 Å². The Morgan fingerprint density at radius 1 is 0.288 bits per heavy atom. The van der Waals surface area contributed by atoms with Gasteiger partial charge in [0.05, 0.1) is 0 Å². The summed E-state index contributed by atoms with van der Waals surface area (Å²) in [6.07, 6.45) is 82.2. The molecule has 0 aromatic rings. The van der Waals surface area contributed by atoms with Gasteiger partial charge in [-0.3, -0.25) is 14.4 Å². The first kappa shape index (κ1) is 69.1. The summed E-state index contributed by atoms with van der Waals surface area (Å²) in [5, 5.41) is 0. The Morgan fingerprint density at radius 3 is 0.890 bits per heavy atom. The number of unbranched alkanes of at least 4 members (excludes halogenated alkanes) is 25. The largest absolute Gasteiger partial charge is 0.462 e. The van der Waals surface area contributed by atoms with Crippen LogP contribution in [0.1, 0.15) is 278 Å². The van der Waals surface area contributed by atoms with E-state index in [-0.39, 0.29) is 31.1 Å². The van der Waals surface area contributed by atoms with Gasteiger partial charge in [0.2, 0.25) is 0 Å². The normalized spacial score (nSPS) is 12.9. The lowest BCUT2D eigenvalue weighted by molar-refractivity contribution is -0.167. The van der Waals surface area contributed by atoms with Crippen molar-refractivity contribution in [3.05, 3.63) is 109 Å². The van der Waals surface area contributed by atoms with Crippen LogP contribution in [0.15, 0.2) is 109 Å². The van der Waals surface area contributed by atoms with E-state index in [1.54, 1.807) is 0 Å². The quantitative estimate of drug-likeness (QED) is 0.0261. The van der Waals surface area contributed by atoms with Crippen molar-refractivity contribution in [1.29, 1.82) is 0 Å². The number of allylic oxidation sites excluding steroid dienone is 18. The number of carbonyl (C=O) groups excluding carboxylic acids is 3. The maximum atomic E-state index is 12.9. The van der Waals surface area contributed by atoms with E-state index in [4.69, 9.17) is 14.2 Å². The van der Waals surface area contributed by atoms with E-state index in [1.807, 2.05) is 0 Å². The molecule has 0 aromatic carbocycles. The second kappa shape index (κ2) is 60.6. The fraction of sp³-hybridized carbons (Fsp3) is 0.687. The van der Waals surface area contributed by atoms with Gasteiger partial charge in [0, 0.05) is 19.3 Å². The van der Waals surface area contributed by atoms with Gasteiger partial charge in [0.25, 0.3) is 0 Å². The van der Waals surface area contributed by atoms with Crippen LogP contribution in [0.5, 0.6) is 0 Å². The number of esters is 3. The molecule has 0 saturated heterocycles. The van der Waals surface area contributed by atoms with Crippen LogP contribution in [0.3, 0.4) is 0 Å². The molecule has 0 fully saturated rings. The molecule has 0 amide bonds. The smallest absolute Gasteiger partial charge is 0.306 e. The van der Waals surface area contributed by atoms with Crippen LogP contribution < -0.4 is 0 Å². The maximum Gasteiger partial charge on any atom is 0.306 e. The first-order valence-electron chi connectivity index (χ1n) is 30.4. The van der Waals surface area contributed by atoms with Crippen LogP contribution in [0.25, 0.3) is 0 Å². The van der Waals surface area contributed by atoms with E-state index in [1.165, 1.54) is 116 Å².